The van der Waals surface area contributed by atoms with Crippen LogP contribution in [0.15, 0.2) is 34.4 Å². The largest absolute Gasteiger partial charge is 0.282 e. The molecular weight excluding hydrogens is 349 g/mol. The Morgan fingerprint density at radius 2 is 2.17 bits per heavy atom. The molecule has 0 bridgehead atoms. The minimum atomic E-state index is -0.485. The van der Waals surface area contributed by atoms with E-state index in [1.165, 1.54) is 29.6 Å². The van der Waals surface area contributed by atoms with E-state index in [4.69, 9.17) is 11.6 Å². The minimum Gasteiger partial charge on any atom is -0.267 e. The van der Waals surface area contributed by atoms with Crippen molar-refractivity contribution in [1.82, 2.24) is 9.66 Å². The van der Waals surface area contributed by atoms with Gasteiger partial charge in [0.1, 0.15) is 17.0 Å². The first-order valence-electron chi connectivity index (χ1n) is 7.65. The summed E-state index contributed by atoms with van der Waals surface area (Å²) in [6, 6.07) is 4.39. The first-order chi connectivity index (χ1) is 11.6. The second kappa shape index (κ2) is 6.11. The van der Waals surface area contributed by atoms with Gasteiger partial charge < -0.3 is 0 Å². The summed E-state index contributed by atoms with van der Waals surface area (Å²) in [5, 5.41) is 4.96. The number of hydrogen-bond acceptors (Lipinski definition) is 4. The molecule has 1 aliphatic carbocycles. The zero-order valence-electron chi connectivity index (χ0n) is 12.6. The van der Waals surface area contributed by atoms with Crippen LogP contribution in [0.2, 0.25) is 5.02 Å². The molecule has 0 saturated heterocycles. The van der Waals surface area contributed by atoms with Gasteiger partial charge in [0.2, 0.25) is 0 Å². The lowest BCUT2D eigenvalue weighted by atomic mass is 9.97. The molecule has 1 aromatic carbocycles. The molecule has 0 N–H and O–H groups in total. The molecule has 122 valence electrons. The van der Waals surface area contributed by atoms with Crippen molar-refractivity contribution in [3.63, 3.8) is 0 Å². The van der Waals surface area contributed by atoms with E-state index >= 15 is 0 Å². The van der Waals surface area contributed by atoms with Crippen LogP contribution in [-0.2, 0) is 12.8 Å². The monoisotopic (exact) mass is 361 g/mol. The zero-order valence-corrected chi connectivity index (χ0v) is 14.2. The summed E-state index contributed by atoms with van der Waals surface area (Å²) in [6.07, 6.45) is 6.77. The van der Waals surface area contributed by atoms with Crippen LogP contribution in [0.25, 0.3) is 10.2 Å². The summed E-state index contributed by atoms with van der Waals surface area (Å²) < 4.78 is 15.0. The summed E-state index contributed by atoms with van der Waals surface area (Å²) in [7, 11) is 0. The molecule has 0 atom stereocenters. The van der Waals surface area contributed by atoms with E-state index in [-0.39, 0.29) is 16.1 Å². The average Bonchev–Trinajstić information content (AvgIpc) is 2.95. The SMILES string of the molecule is O=c1c2c3c(sc2ncn1N=Cc1c(F)cccc1Cl)CCCC3. The number of fused-ring (bicyclic) bond motifs is 3. The fourth-order valence-corrected chi connectivity index (χ4v) is 4.40. The molecule has 1 aliphatic rings. The number of rotatable bonds is 2. The Morgan fingerprint density at radius 1 is 1.33 bits per heavy atom. The average molecular weight is 362 g/mol. The molecule has 0 aliphatic heterocycles. The van der Waals surface area contributed by atoms with E-state index in [1.807, 2.05) is 0 Å². The van der Waals surface area contributed by atoms with Gasteiger partial charge in [-0.3, -0.25) is 4.79 Å². The van der Waals surface area contributed by atoms with Gasteiger partial charge in [0.05, 0.1) is 16.6 Å². The molecule has 4 rings (SSSR count). The van der Waals surface area contributed by atoms with Crippen LogP contribution in [0.5, 0.6) is 0 Å². The standard InChI is InChI=1S/C17H13ClFN3OS/c18-12-5-3-6-13(19)11(12)8-21-22-9-20-16-15(17(22)23)10-4-1-2-7-14(10)24-16/h3,5-6,8-9H,1-2,4,7H2. The highest BCUT2D eigenvalue weighted by Crippen LogP contribution is 2.33. The number of thiophene rings is 1. The van der Waals surface area contributed by atoms with E-state index in [0.717, 1.165) is 40.8 Å². The topological polar surface area (TPSA) is 47.2 Å². The smallest absolute Gasteiger partial charge is 0.267 e. The van der Waals surface area contributed by atoms with Crippen molar-refractivity contribution in [3.8, 4) is 0 Å². The van der Waals surface area contributed by atoms with Crippen LogP contribution in [0.4, 0.5) is 4.39 Å². The lowest BCUT2D eigenvalue weighted by Crippen LogP contribution is -2.18. The van der Waals surface area contributed by atoms with Crippen molar-refractivity contribution in [1.29, 1.82) is 0 Å². The Labute approximate surface area is 146 Å². The third-order valence-electron chi connectivity index (χ3n) is 4.17. The lowest BCUT2D eigenvalue weighted by Gasteiger charge is -2.09. The number of hydrogen-bond donors (Lipinski definition) is 0. The first kappa shape index (κ1) is 15.5. The van der Waals surface area contributed by atoms with Gasteiger partial charge in [-0.1, -0.05) is 17.7 Å². The molecule has 0 amide bonds. The molecule has 0 radical (unpaired) electrons. The number of aryl methyl sites for hydroxylation is 2. The highest BCUT2D eigenvalue weighted by atomic mass is 35.5. The van der Waals surface area contributed by atoms with Crippen molar-refractivity contribution in [2.24, 2.45) is 5.10 Å². The maximum Gasteiger partial charge on any atom is 0.282 e. The van der Waals surface area contributed by atoms with Crippen molar-refractivity contribution >= 4 is 39.4 Å². The molecule has 0 fully saturated rings. The fourth-order valence-electron chi connectivity index (χ4n) is 2.97. The second-order valence-electron chi connectivity index (χ2n) is 5.67. The maximum absolute atomic E-state index is 13.8. The molecular formula is C17H13ClFN3OS. The maximum atomic E-state index is 13.8. The van der Waals surface area contributed by atoms with Crippen LogP contribution in [0, 0.1) is 5.82 Å². The Morgan fingerprint density at radius 3 is 3.00 bits per heavy atom. The molecule has 0 unspecified atom stereocenters. The molecule has 7 heteroatoms. The Bertz CT molecular complexity index is 1000. The predicted octanol–water partition coefficient (Wildman–Crippen LogP) is 4.01. The van der Waals surface area contributed by atoms with Gasteiger partial charge in [0.15, 0.2) is 0 Å². The van der Waals surface area contributed by atoms with Gasteiger partial charge in [0, 0.05) is 10.4 Å². The Balaban J connectivity index is 1.82. The summed E-state index contributed by atoms with van der Waals surface area (Å²) in [5.41, 5.74) is 1.04. The van der Waals surface area contributed by atoms with E-state index in [1.54, 1.807) is 17.4 Å². The number of halogens is 2. The highest BCUT2D eigenvalue weighted by molar-refractivity contribution is 7.18. The normalized spacial score (nSPS) is 14.4. The predicted molar refractivity (Wildman–Crippen MR) is 94.9 cm³/mol. The van der Waals surface area contributed by atoms with E-state index in [0.29, 0.717) is 5.39 Å². The summed E-state index contributed by atoms with van der Waals surface area (Å²) in [5.74, 6) is -0.485. The second-order valence-corrected chi connectivity index (χ2v) is 7.16. The number of nitrogens with zero attached hydrogens (tertiary/aromatic N) is 3. The van der Waals surface area contributed by atoms with Gasteiger partial charge in [-0.25, -0.2) is 9.37 Å². The van der Waals surface area contributed by atoms with Gasteiger partial charge >= 0.3 is 0 Å². The van der Waals surface area contributed by atoms with Crippen LogP contribution in [0.3, 0.4) is 0 Å². The highest BCUT2D eigenvalue weighted by Gasteiger charge is 2.19. The van der Waals surface area contributed by atoms with Crippen molar-refractivity contribution in [2.45, 2.75) is 25.7 Å². The van der Waals surface area contributed by atoms with Crippen molar-refractivity contribution < 1.29 is 4.39 Å². The molecule has 0 spiro atoms. The van der Waals surface area contributed by atoms with Gasteiger partial charge in [-0.05, 0) is 43.4 Å². The summed E-state index contributed by atoms with van der Waals surface area (Å²) >= 11 is 7.56. The molecule has 4 nitrogen and oxygen atoms in total. The van der Waals surface area contributed by atoms with E-state index in [9.17, 15) is 9.18 Å². The Kier molecular flexibility index (Phi) is 3.94. The zero-order chi connectivity index (χ0) is 16.7. The van der Waals surface area contributed by atoms with Crippen LogP contribution >= 0.6 is 22.9 Å². The number of aromatic nitrogens is 2. The third kappa shape index (κ3) is 2.56. The van der Waals surface area contributed by atoms with Crippen LogP contribution in [-0.4, -0.2) is 15.9 Å². The molecule has 24 heavy (non-hydrogen) atoms. The fraction of sp³-hybridized carbons (Fsp3) is 0.235. The quantitative estimate of drug-likeness (QED) is 0.647. The third-order valence-corrected chi connectivity index (χ3v) is 5.70. The van der Waals surface area contributed by atoms with Crippen molar-refractivity contribution in [3.05, 3.63) is 61.7 Å². The number of benzene rings is 1. The van der Waals surface area contributed by atoms with E-state index < -0.39 is 5.82 Å². The van der Waals surface area contributed by atoms with Gasteiger partial charge in [-0.2, -0.15) is 9.78 Å². The molecule has 2 heterocycles. The lowest BCUT2D eigenvalue weighted by molar-refractivity contribution is 0.625. The molecule has 3 aromatic rings. The van der Waals surface area contributed by atoms with Gasteiger partial charge in [-0.15, -0.1) is 11.3 Å². The first-order valence-corrected chi connectivity index (χ1v) is 8.85. The Hall–Kier alpha value is -2.05. The van der Waals surface area contributed by atoms with Gasteiger partial charge in [0.25, 0.3) is 5.56 Å². The molecule has 2 aromatic heterocycles. The van der Waals surface area contributed by atoms with Crippen LogP contribution in [0.1, 0.15) is 28.8 Å². The summed E-state index contributed by atoms with van der Waals surface area (Å²) in [6.45, 7) is 0. The minimum absolute atomic E-state index is 0.151. The van der Waals surface area contributed by atoms with Crippen LogP contribution < -0.4 is 5.56 Å². The van der Waals surface area contributed by atoms with Crippen molar-refractivity contribution in [2.75, 3.05) is 0 Å². The molecule has 0 saturated carbocycles. The summed E-state index contributed by atoms with van der Waals surface area (Å²) in [4.78, 5) is 19.1. The van der Waals surface area contributed by atoms with E-state index in [2.05, 4.69) is 10.1 Å².